The molecule has 0 bridgehead atoms. The highest BCUT2D eigenvalue weighted by molar-refractivity contribution is 5.74. The molecule has 0 atom stereocenters. The van der Waals surface area contributed by atoms with E-state index in [4.69, 9.17) is 10.5 Å². The van der Waals surface area contributed by atoms with Crippen molar-refractivity contribution in [2.45, 2.75) is 6.92 Å². The first-order chi connectivity index (χ1) is 8.66. The number of hydrogen-bond acceptors (Lipinski definition) is 5. The Labute approximate surface area is 104 Å². The van der Waals surface area contributed by atoms with Gasteiger partial charge in [-0.15, -0.1) is 0 Å². The van der Waals surface area contributed by atoms with Crippen LogP contribution in [0, 0.1) is 6.92 Å². The minimum atomic E-state index is -0.468. The van der Waals surface area contributed by atoms with Gasteiger partial charge in [-0.25, -0.2) is 4.98 Å². The Morgan fingerprint density at radius 3 is 3.17 bits per heavy atom. The fourth-order valence-electron chi connectivity index (χ4n) is 1.61. The molecule has 0 spiro atoms. The molecule has 7 nitrogen and oxygen atoms in total. The number of aryl methyl sites for hydroxylation is 1. The van der Waals surface area contributed by atoms with Crippen LogP contribution < -0.4 is 11.1 Å². The molecule has 0 saturated heterocycles. The molecule has 0 aliphatic heterocycles. The number of carbonyl (C=O) groups excluding carboxylic acids is 1. The summed E-state index contributed by atoms with van der Waals surface area (Å²) in [5.74, 6) is 0.370. The number of hydrogen-bond donors (Lipinski definition) is 2. The quantitative estimate of drug-likeness (QED) is 0.700. The van der Waals surface area contributed by atoms with E-state index in [9.17, 15) is 4.79 Å². The van der Waals surface area contributed by atoms with Crippen molar-refractivity contribution in [2.75, 3.05) is 25.1 Å². The topological polar surface area (TPSA) is 94.5 Å². The predicted octanol–water partition coefficient (Wildman–Crippen LogP) is -0.0485. The first-order valence-corrected chi connectivity index (χ1v) is 5.57. The van der Waals surface area contributed by atoms with Crippen LogP contribution in [0.25, 0.3) is 5.65 Å². The smallest absolute Gasteiger partial charge is 0.243 e. The average molecular weight is 249 g/mol. The molecule has 18 heavy (non-hydrogen) atoms. The summed E-state index contributed by atoms with van der Waals surface area (Å²) in [6.07, 6.45) is 1.50. The Hall–Kier alpha value is -2.15. The molecule has 96 valence electrons. The minimum Gasteiger partial charge on any atom is -0.370 e. The SMILES string of the molecule is Cc1cc(NCCOCC(N)=O)n2ncnc2c1. The lowest BCUT2D eigenvalue weighted by Crippen LogP contribution is -2.21. The molecule has 0 radical (unpaired) electrons. The first-order valence-electron chi connectivity index (χ1n) is 5.57. The third kappa shape index (κ3) is 2.95. The second-order valence-corrected chi connectivity index (χ2v) is 3.89. The summed E-state index contributed by atoms with van der Waals surface area (Å²) in [6.45, 7) is 2.89. The van der Waals surface area contributed by atoms with E-state index >= 15 is 0 Å². The molecule has 0 unspecified atom stereocenters. The van der Waals surface area contributed by atoms with E-state index in [-0.39, 0.29) is 6.61 Å². The number of fused-ring (bicyclic) bond motifs is 1. The van der Waals surface area contributed by atoms with E-state index in [2.05, 4.69) is 15.4 Å². The second-order valence-electron chi connectivity index (χ2n) is 3.89. The molecule has 0 saturated carbocycles. The number of nitrogens with zero attached hydrogens (tertiary/aromatic N) is 3. The first kappa shape index (κ1) is 12.3. The van der Waals surface area contributed by atoms with E-state index in [1.807, 2.05) is 19.1 Å². The third-order valence-corrected chi connectivity index (χ3v) is 2.32. The molecule has 2 aromatic heterocycles. The number of carbonyl (C=O) groups is 1. The van der Waals surface area contributed by atoms with Crippen molar-refractivity contribution in [3.05, 3.63) is 24.0 Å². The van der Waals surface area contributed by atoms with Gasteiger partial charge in [0.2, 0.25) is 5.91 Å². The van der Waals surface area contributed by atoms with Crippen molar-refractivity contribution in [1.82, 2.24) is 14.6 Å². The lowest BCUT2D eigenvalue weighted by atomic mass is 10.3. The van der Waals surface area contributed by atoms with E-state index < -0.39 is 5.91 Å². The number of ether oxygens (including phenoxy) is 1. The van der Waals surface area contributed by atoms with Crippen LogP contribution in [0.2, 0.25) is 0 Å². The van der Waals surface area contributed by atoms with Crippen molar-refractivity contribution in [2.24, 2.45) is 5.73 Å². The number of nitrogens with two attached hydrogens (primary N) is 1. The molecular formula is C11H15N5O2. The third-order valence-electron chi connectivity index (χ3n) is 2.32. The molecule has 7 heteroatoms. The highest BCUT2D eigenvalue weighted by atomic mass is 16.5. The molecule has 2 rings (SSSR count). The maximum atomic E-state index is 10.5. The Morgan fingerprint density at radius 1 is 1.56 bits per heavy atom. The molecule has 2 heterocycles. The lowest BCUT2D eigenvalue weighted by molar-refractivity contribution is -0.122. The largest absolute Gasteiger partial charge is 0.370 e. The van der Waals surface area contributed by atoms with E-state index in [0.717, 1.165) is 17.0 Å². The fourth-order valence-corrected chi connectivity index (χ4v) is 1.61. The molecule has 2 aromatic rings. The van der Waals surface area contributed by atoms with Crippen LogP contribution in [-0.2, 0) is 9.53 Å². The Balaban J connectivity index is 1.94. The Morgan fingerprint density at radius 2 is 2.39 bits per heavy atom. The van der Waals surface area contributed by atoms with Gasteiger partial charge in [0.05, 0.1) is 6.61 Å². The van der Waals surface area contributed by atoms with E-state index in [1.165, 1.54) is 6.33 Å². The molecular weight excluding hydrogens is 234 g/mol. The zero-order chi connectivity index (χ0) is 13.0. The summed E-state index contributed by atoms with van der Waals surface area (Å²) in [5, 5.41) is 7.29. The van der Waals surface area contributed by atoms with E-state index in [0.29, 0.717) is 13.2 Å². The second kappa shape index (κ2) is 5.46. The Kier molecular flexibility index (Phi) is 3.73. The van der Waals surface area contributed by atoms with Gasteiger partial charge in [-0.1, -0.05) is 0 Å². The van der Waals surface area contributed by atoms with Crippen LogP contribution in [0.5, 0.6) is 0 Å². The summed E-state index contributed by atoms with van der Waals surface area (Å²) in [6, 6.07) is 3.91. The number of pyridine rings is 1. The summed E-state index contributed by atoms with van der Waals surface area (Å²) >= 11 is 0. The van der Waals surface area contributed by atoms with Gasteiger partial charge in [0.25, 0.3) is 0 Å². The zero-order valence-electron chi connectivity index (χ0n) is 10.1. The fraction of sp³-hybridized carbons (Fsp3) is 0.364. The number of rotatable bonds is 6. The maximum Gasteiger partial charge on any atom is 0.243 e. The Bertz CT molecular complexity index is 551. The van der Waals surface area contributed by atoms with Gasteiger partial charge >= 0.3 is 0 Å². The van der Waals surface area contributed by atoms with Gasteiger partial charge in [-0.2, -0.15) is 9.61 Å². The molecule has 0 aliphatic carbocycles. The van der Waals surface area contributed by atoms with Crippen molar-refractivity contribution in [3.8, 4) is 0 Å². The summed E-state index contributed by atoms with van der Waals surface area (Å²) in [7, 11) is 0. The van der Waals surface area contributed by atoms with Crippen LogP contribution in [0.4, 0.5) is 5.82 Å². The number of anilines is 1. The predicted molar refractivity (Wildman–Crippen MR) is 66.2 cm³/mol. The summed E-state index contributed by atoms with van der Waals surface area (Å²) in [4.78, 5) is 14.6. The molecule has 0 aliphatic rings. The van der Waals surface area contributed by atoms with Gasteiger partial charge in [0.15, 0.2) is 5.65 Å². The van der Waals surface area contributed by atoms with Crippen molar-refractivity contribution >= 4 is 17.4 Å². The summed E-state index contributed by atoms with van der Waals surface area (Å²) in [5.41, 5.74) is 6.84. The summed E-state index contributed by atoms with van der Waals surface area (Å²) < 4.78 is 6.77. The van der Waals surface area contributed by atoms with Gasteiger partial charge in [0.1, 0.15) is 18.8 Å². The van der Waals surface area contributed by atoms with Gasteiger partial charge in [-0.05, 0) is 24.6 Å². The molecule has 3 N–H and O–H groups in total. The number of aromatic nitrogens is 3. The number of primary amides is 1. The molecule has 1 amide bonds. The number of amides is 1. The van der Waals surface area contributed by atoms with Gasteiger partial charge in [-0.3, -0.25) is 4.79 Å². The highest BCUT2D eigenvalue weighted by Crippen LogP contribution is 2.12. The normalized spacial score (nSPS) is 10.7. The van der Waals surface area contributed by atoms with Crippen LogP contribution in [0.3, 0.4) is 0 Å². The minimum absolute atomic E-state index is 0.0613. The van der Waals surface area contributed by atoms with Crippen molar-refractivity contribution in [3.63, 3.8) is 0 Å². The van der Waals surface area contributed by atoms with Gasteiger partial charge < -0.3 is 15.8 Å². The number of nitrogens with one attached hydrogen (secondary N) is 1. The van der Waals surface area contributed by atoms with E-state index in [1.54, 1.807) is 4.52 Å². The zero-order valence-corrected chi connectivity index (χ0v) is 10.1. The monoisotopic (exact) mass is 249 g/mol. The van der Waals surface area contributed by atoms with Crippen molar-refractivity contribution in [1.29, 1.82) is 0 Å². The van der Waals surface area contributed by atoms with Crippen molar-refractivity contribution < 1.29 is 9.53 Å². The molecule has 0 fully saturated rings. The van der Waals surface area contributed by atoms with Gasteiger partial charge in [0, 0.05) is 6.54 Å². The van der Waals surface area contributed by atoms with Crippen LogP contribution in [0.1, 0.15) is 5.56 Å². The standard InChI is InChI=1S/C11H15N5O2/c1-8-4-10(13-2-3-18-6-9(12)17)16-11(5-8)14-7-15-16/h4-5,7,13H,2-3,6H2,1H3,(H2,12,17). The average Bonchev–Trinajstić information content (AvgIpc) is 2.75. The molecule has 0 aromatic carbocycles. The lowest BCUT2D eigenvalue weighted by Gasteiger charge is -2.09. The maximum absolute atomic E-state index is 10.5. The van der Waals surface area contributed by atoms with Crippen LogP contribution in [0.15, 0.2) is 18.5 Å². The van der Waals surface area contributed by atoms with Crippen LogP contribution in [-0.4, -0.2) is 40.3 Å². The van der Waals surface area contributed by atoms with Crippen LogP contribution >= 0.6 is 0 Å². The highest BCUT2D eigenvalue weighted by Gasteiger charge is 2.03.